The highest BCUT2D eigenvalue weighted by Gasteiger charge is 2.27. The maximum atomic E-state index is 12.6. The van der Waals surface area contributed by atoms with Gasteiger partial charge in [-0.2, -0.15) is 0 Å². The van der Waals surface area contributed by atoms with Crippen molar-refractivity contribution < 1.29 is 19.4 Å². The Morgan fingerprint density at radius 3 is 2.64 bits per heavy atom. The van der Waals surface area contributed by atoms with Crippen LogP contribution in [0, 0.1) is 5.92 Å². The van der Waals surface area contributed by atoms with Gasteiger partial charge in [0.1, 0.15) is 0 Å². The second-order valence-corrected chi connectivity index (χ2v) is 6.33. The number of fused-ring (bicyclic) bond motifs is 1. The van der Waals surface area contributed by atoms with E-state index in [-0.39, 0.29) is 5.91 Å². The van der Waals surface area contributed by atoms with Gasteiger partial charge in [-0.15, -0.1) is 0 Å². The smallest absolute Gasteiger partial charge is 0.306 e. The minimum atomic E-state index is -0.814. The van der Waals surface area contributed by atoms with Crippen molar-refractivity contribution in [3.63, 3.8) is 0 Å². The van der Waals surface area contributed by atoms with E-state index >= 15 is 0 Å². The zero-order valence-corrected chi connectivity index (χ0v) is 14.1. The molecule has 2 N–H and O–H groups in total. The molecule has 0 aromatic heterocycles. The molecule has 2 aromatic rings. The van der Waals surface area contributed by atoms with Gasteiger partial charge in [0.25, 0.3) is 5.91 Å². The molecule has 130 valence electrons. The largest absolute Gasteiger partial charge is 0.481 e. The normalized spacial score (nSPS) is 17.4. The van der Waals surface area contributed by atoms with Crippen LogP contribution in [0.25, 0.3) is 0 Å². The van der Waals surface area contributed by atoms with Crippen molar-refractivity contribution in [3.05, 3.63) is 65.2 Å². The molecule has 1 aliphatic rings. The molecule has 2 atom stereocenters. The van der Waals surface area contributed by atoms with Gasteiger partial charge in [-0.1, -0.05) is 43.3 Å². The third-order valence-corrected chi connectivity index (χ3v) is 4.42. The van der Waals surface area contributed by atoms with Crippen LogP contribution in [0.5, 0.6) is 0 Å². The first-order valence-electron chi connectivity index (χ1n) is 8.36. The first kappa shape index (κ1) is 17.2. The fraction of sp³-hybridized carbons (Fsp3) is 0.300. The fourth-order valence-corrected chi connectivity index (χ4v) is 2.98. The highest BCUT2D eigenvalue weighted by Crippen LogP contribution is 2.28. The summed E-state index contributed by atoms with van der Waals surface area (Å²) in [5.41, 5.74) is 3.65. The Balaban J connectivity index is 1.67. The summed E-state index contributed by atoms with van der Waals surface area (Å²) < 4.78 is 5.66. The minimum Gasteiger partial charge on any atom is -0.481 e. The van der Waals surface area contributed by atoms with Crippen LogP contribution >= 0.6 is 0 Å². The van der Waals surface area contributed by atoms with Crippen molar-refractivity contribution in [1.29, 1.82) is 0 Å². The van der Waals surface area contributed by atoms with Crippen LogP contribution in [-0.4, -0.2) is 23.6 Å². The first-order chi connectivity index (χ1) is 12.0. The lowest BCUT2D eigenvalue weighted by atomic mass is 9.97. The van der Waals surface area contributed by atoms with Crippen LogP contribution in [0.4, 0.5) is 5.69 Å². The SMILES string of the molecule is CC(Cc1ccc(NC(=O)C2OCCc3ccccc32)cc1)C(=O)O. The van der Waals surface area contributed by atoms with Crippen LogP contribution < -0.4 is 5.32 Å². The molecule has 3 rings (SSSR count). The Kier molecular flexibility index (Phi) is 5.14. The third-order valence-electron chi connectivity index (χ3n) is 4.42. The van der Waals surface area contributed by atoms with Gasteiger partial charge in [0.2, 0.25) is 0 Å². The van der Waals surface area contributed by atoms with E-state index in [0.717, 1.165) is 23.1 Å². The minimum absolute atomic E-state index is 0.196. The Morgan fingerprint density at radius 1 is 1.20 bits per heavy atom. The summed E-state index contributed by atoms with van der Waals surface area (Å²) in [4.78, 5) is 23.5. The van der Waals surface area contributed by atoms with Crippen LogP contribution in [0.15, 0.2) is 48.5 Å². The number of carbonyl (C=O) groups is 2. The second-order valence-electron chi connectivity index (χ2n) is 6.33. The third kappa shape index (κ3) is 4.06. The summed E-state index contributed by atoms with van der Waals surface area (Å²) in [5, 5.41) is 11.8. The van der Waals surface area contributed by atoms with E-state index in [1.54, 1.807) is 19.1 Å². The van der Waals surface area contributed by atoms with E-state index in [2.05, 4.69) is 5.32 Å². The molecule has 0 aliphatic carbocycles. The highest BCUT2D eigenvalue weighted by molar-refractivity contribution is 5.95. The van der Waals surface area contributed by atoms with Crippen molar-refractivity contribution in [3.8, 4) is 0 Å². The van der Waals surface area contributed by atoms with Crippen LogP contribution in [0.3, 0.4) is 0 Å². The quantitative estimate of drug-likeness (QED) is 0.877. The number of carboxylic acid groups (broad SMARTS) is 1. The molecule has 2 aromatic carbocycles. The summed E-state index contributed by atoms with van der Waals surface area (Å²) in [5.74, 6) is -1.45. The molecular formula is C20H21NO4. The lowest BCUT2D eigenvalue weighted by molar-refractivity contribution is -0.141. The molecule has 0 saturated carbocycles. The molecule has 1 heterocycles. The molecule has 5 nitrogen and oxygen atoms in total. The van der Waals surface area contributed by atoms with Gasteiger partial charge >= 0.3 is 5.97 Å². The lowest BCUT2D eigenvalue weighted by Crippen LogP contribution is -2.28. The number of anilines is 1. The number of nitrogens with one attached hydrogen (secondary N) is 1. The Hall–Kier alpha value is -2.66. The zero-order valence-electron chi connectivity index (χ0n) is 14.1. The molecule has 0 bridgehead atoms. The van der Waals surface area contributed by atoms with Gasteiger partial charge in [0.05, 0.1) is 12.5 Å². The van der Waals surface area contributed by atoms with Gasteiger partial charge < -0.3 is 15.2 Å². The second kappa shape index (κ2) is 7.49. The van der Waals surface area contributed by atoms with E-state index in [9.17, 15) is 9.59 Å². The number of hydrogen-bond acceptors (Lipinski definition) is 3. The van der Waals surface area contributed by atoms with E-state index in [4.69, 9.17) is 9.84 Å². The van der Waals surface area contributed by atoms with Gasteiger partial charge in [-0.3, -0.25) is 9.59 Å². The summed E-state index contributed by atoms with van der Waals surface area (Å²) in [6.45, 7) is 2.21. The molecule has 0 fully saturated rings. The van der Waals surface area contributed by atoms with Gasteiger partial charge in [0, 0.05) is 5.69 Å². The van der Waals surface area contributed by atoms with Gasteiger partial charge in [-0.05, 0) is 41.7 Å². The molecule has 1 aliphatic heterocycles. The highest BCUT2D eigenvalue weighted by atomic mass is 16.5. The Morgan fingerprint density at radius 2 is 1.92 bits per heavy atom. The summed E-state index contributed by atoms with van der Waals surface area (Å²) >= 11 is 0. The number of hydrogen-bond donors (Lipinski definition) is 2. The predicted octanol–water partition coefficient (Wildman–Crippen LogP) is 3.20. The predicted molar refractivity (Wildman–Crippen MR) is 94.4 cm³/mol. The van der Waals surface area contributed by atoms with Crippen molar-refractivity contribution in [2.75, 3.05) is 11.9 Å². The van der Waals surface area contributed by atoms with E-state index < -0.39 is 18.0 Å². The summed E-state index contributed by atoms with van der Waals surface area (Å²) in [6, 6.07) is 15.1. The van der Waals surface area contributed by atoms with Crippen molar-refractivity contribution in [2.24, 2.45) is 5.92 Å². The molecule has 1 amide bonds. The average Bonchev–Trinajstić information content (AvgIpc) is 2.62. The molecule has 5 heteroatoms. The number of rotatable bonds is 5. The van der Waals surface area contributed by atoms with E-state index in [0.29, 0.717) is 18.7 Å². The summed E-state index contributed by atoms with van der Waals surface area (Å²) in [6.07, 6.45) is 0.677. The number of carbonyl (C=O) groups excluding carboxylic acids is 1. The topological polar surface area (TPSA) is 75.6 Å². The molecule has 2 unspecified atom stereocenters. The van der Waals surface area contributed by atoms with Crippen molar-refractivity contribution in [1.82, 2.24) is 0 Å². The van der Waals surface area contributed by atoms with Crippen LogP contribution in [0.2, 0.25) is 0 Å². The Bertz CT molecular complexity index is 770. The number of benzene rings is 2. The maximum absolute atomic E-state index is 12.6. The average molecular weight is 339 g/mol. The van der Waals surface area contributed by atoms with Gasteiger partial charge in [-0.25, -0.2) is 0 Å². The van der Waals surface area contributed by atoms with Crippen LogP contribution in [0.1, 0.15) is 29.7 Å². The number of aliphatic carboxylic acids is 1. The monoisotopic (exact) mass is 339 g/mol. The first-order valence-corrected chi connectivity index (χ1v) is 8.36. The zero-order chi connectivity index (χ0) is 17.8. The molecular weight excluding hydrogens is 318 g/mol. The molecule has 0 spiro atoms. The van der Waals surface area contributed by atoms with E-state index in [1.165, 1.54) is 0 Å². The maximum Gasteiger partial charge on any atom is 0.306 e. The van der Waals surface area contributed by atoms with Crippen molar-refractivity contribution >= 4 is 17.6 Å². The number of amides is 1. The standard InChI is InChI=1S/C20H21NO4/c1-13(20(23)24)12-14-6-8-16(9-7-14)21-19(22)18-17-5-3-2-4-15(17)10-11-25-18/h2-9,13,18H,10-12H2,1H3,(H,21,22)(H,23,24). The number of carboxylic acids is 1. The Labute approximate surface area is 146 Å². The van der Waals surface area contributed by atoms with Gasteiger partial charge in [0.15, 0.2) is 6.10 Å². The van der Waals surface area contributed by atoms with E-state index in [1.807, 2.05) is 36.4 Å². The van der Waals surface area contributed by atoms with Crippen LogP contribution in [-0.2, 0) is 27.2 Å². The molecule has 25 heavy (non-hydrogen) atoms. The molecule has 0 saturated heterocycles. The summed E-state index contributed by atoms with van der Waals surface area (Å²) in [7, 11) is 0. The van der Waals surface area contributed by atoms with Crippen molar-refractivity contribution in [2.45, 2.75) is 25.9 Å². The molecule has 0 radical (unpaired) electrons. The number of ether oxygens (including phenoxy) is 1. The fourth-order valence-electron chi connectivity index (χ4n) is 2.98. The lowest BCUT2D eigenvalue weighted by Gasteiger charge is -2.25.